The molecule has 8 heteroatoms. The molecule has 56 heavy (non-hydrogen) atoms. The van der Waals surface area contributed by atoms with Crippen LogP contribution in [0.15, 0.2) is 67.0 Å². The van der Waals surface area contributed by atoms with Crippen LogP contribution in [0.3, 0.4) is 0 Å². The molecule has 2 N–H and O–H groups in total. The van der Waals surface area contributed by atoms with Gasteiger partial charge in [-0.3, -0.25) is 0 Å². The van der Waals surface area contributed by atoms with Gasteiger partial charge in [0.15, 0.2) is 0 Å². The summed E-state index contributed by atoms with van der Waals surface area (Å²) in [5.41, 5.74) is 9.34. The fourth-order valence-electron chi connectivity index (χ4n) is 6.45. The van der Waals surface area contributed by atoms with Crippen LogP contribution >= 0.6 is 0 Å². The summed E-state index contributed by atoms with van der Waals surface area (Å²) in [7, 11) is 0. The number of aromatic amines is 2. The highest BCUT2D eigenvalue weighted by molar-refractivity contribution is 6.05. The quantitative estimate of drug-likeness (QED) is 0.131. The summed E-state index contributed by atoms with van der Waals surface area (Å²) < 4.78 is 15.5. The Balaban J connectivity index is 0.000000285. The molecule has 1 aliphatic rings. The Bertz CT molecular complexity index is 2140. The summed E-state index contributed by atoms with van der Waals surface area (Å²) >= 11 is 0. The Morgan fingerprint density at radius 2 is 1.20 bits per heavy atom. The number of carbonyl (C=O) groups excluding carboxylic acids is 3. The van der Waals surface area contributed by atoms with E-state index in [0.717, 1.165) is 50.5 Å². The number of H-pyrrole nitrogens is 2. The van der Waals surface area contributed by atoms with Crippen LogP contribution in [0.1, 0.15) is 157 Å². The van der Waals surface area contributed by atoms with Crippen LogP contribution in [0.5, 0.6) is 0 Å². The average Bonchev–Trinajstić information content (AvgIpc) is 3.87. The number of aromatic nitrogens is 2. The lowest BCUT2D eigenvalue weighted by Crippen LogP contribution is -2.19. The van der Waals surface area contributed by atoms with Crippen LogP contribution in [0, 0.1) is 0 Å². The number of esters is 3. The molecule has 0 spiro atoms. The van der Waals surface area contributed by atoms with Crippen molar-refractivity contribution in [2.24, 2.45) is 0 Å². The first-order chi connectivity index (χ1) is 25.3. The molecule has 0 amide bonds. The van der Waals surface area contributed by atoms with E-state index in [2.05, 4.69) is 96.6 Å². The minimum atomic E-state index is -0.256. The van der Waals surface area contributed by atoms with Gasteiger partial charge < -0.3 is 24.2 Å². The second-order valence-corrected chi connectivity index (χ2v) is 16.5. The SMILES string of the molecule is C.C.CCOC(=O)c1c(C(C)(C)C)ccc2cc[nH]c12.CCOC(=O)c1cc(C(C)(C)C)cc2[nH]ccc12.CCOC(=O)c1cc2c(cc1C(C)(C)C)CC=C2. The number of rotatable bonds is 6. The number of fused-ring (bicyclic) bond motifs is 3. The van der Waals surface area contributed by atoms with E-state index in [0.29, 0.717) is 36.5 Å². The number of nitrogens with one attached hydrogen (secondary N) is 2. The predicted molar refractivity (Wildman–Crippen MR) is 233 cm³/mol. The predicted octanol–water partition coefficient (Wildman–Crippen LogP) is 12.3. The average molecular weight is 767 g/mol. The summed E-state index contributed by atoms with van der Waals surface area (Å²) in [5, 5.41) is 1.95. The lowest BCUT2D eigenvalue weighted by atomic mass is 9.82. The molecular formula is C48H66N2O6. The molecule has 1 aliphatic carbocycles. The molecule has 2 heterocycles. The Morgan fingerprint density at radius 1 is 0.625 bits per heavy atom. The summed E-state index contributed by atoms with van der Waals surface area (Å²) in [6.07, 6.45) is 8.86. The maximum absolute atomic E-state index is 12.2. The molecule has 8 nitrogen and oxygen atoms in total. The maximum atomic E-state index is 12.2. The molecule has 0 unspecified atom stereocenters. The Kier molecular flexibility index (Phi) is 16.1. The van der Waals surface area contributed by atoms with Gasteiger partial charge in [0.1, 0.15) is 0 Å². The van der Waals surface area contributed by atoms with Crippen LogP contribution in [-0.2, 0) is 36.9 Å². The van der Waals surface area contributed by atoms with Gasteiger partial charge in [-0.05, 0) is 102 Å². The van der Waals surface area contributed by atoms with Crippen LogP contribution in [0.4, 0.5) is 0 Å². The van der Waals surface area contributed by atoms with E-state index in [4.69, 9.17) is 14.2 Å². The maximum Gasteiger partial charge on any atom is 0.340 e. The van der Waals surface area contributed by atoms with E-state index < -0.39 is 0 Å². The first kappa shape index (κ1) is 47.0. The smallest absolute Gasteiger partial charge is 0.340 e. The summed E-state index contributed by atoms with van der Waals surface area (Å²) in [6, 6.07) is 16.1. The minimum absolute atomic E-state index is 0. The molecule has 0 atom stereocenters. The Morgan fingerprint density at radius 3 is 1.77 bits per heavy atom. The molecule has 0 fully saturated rings. The van der Waals surface area contributed by atoms with Gasteiger partial charge in [-0.1, -0.05) is 108 Å². The third kappa shape index (κ3) is 11.0. The number of carbonyl (C=O) groups is 3. The van der Waals surface area contributed by atoms with Crippen molar-refractivity contribution in [1.29, 1.82) is 0 Å². The van der Waals surface area contributed by atoms with E-state index >= 15 is 0 Å². The number of hydrogen-bond acceptors (Lipinski definition) is 6. The van der Waals surface area contributed by atoms with Gasteiger partial charge in [-0.15, -0.1) is 0 Å². The zero-order chi connectivity index (χ0) is 40.0. The monoisotopic (exact) mass is 766 g/mol. The lowest BCUT2D eigenvalue weighted by molar-refractivity contribution is 0.0515. The highest BCUT2D eigenvalue weighted by Crippen LogP contribution is 2.33. The van der Waals surface area contributed by atoms with Gasteiger partial charge in [0.2, 0.25) is 0 Å². The van der Waals surface area contributed by atoms with Gasteiger partial charge in [0, 0.05) is 28.7 Å². The van der Waals surface area contributed by atoms with Crippen molar-refractivity contribution in [1.82, 2.24) is 9.97 Å². The van der Waals surface area contributed by atoms with Crippen LogP contribution in [0.25, 0.3) is 27.9 Å². The van der Waals surface area contributed by atoms with Crippen molar-refractivity contribution in [2.75, 3.05) is 19.8 Å². The molecule has 0 bridgehead atoms. The van der Waals surface area contributed by atoms with Crippen molar-refractivity contribution in [3.8, 4) is 0 Å². The molecule has 0 radical (unpaired) electrons. The van der Waals surface area contributed by atoms with E-state index in [1.807, 2.05) is 69.6 Å². The number of ether oxygens (including phenoxy) is 3. The van der Waals surface area contributed by atoms with Crippen molar-refractivity contribution < 1.29 is 28.6 Å². The van der Waals surface area contributed by atoms with Crippen molar-refractivity contribution in [2.45, 2.75) is 121 Å². The highest BCUT2D eigenvalue weighted by Gasteiger charge is 2.26. The fraction of sp³-hybridized carbons (Fsp3) is 0.438. The van der Waals surface area contributed by atoms with Gasteiger partial charge in [0.05, 0.1) is 42.0 Å². The number of benzene rings is 3. The molecule has 0 aliphatic heterocycles. The number of hydrogen-bond donors (Lipinski definition) is 2. The molecule has 3 aromatic carbocycles. The molecule has 0 saturated heterocycles. The first-order valence-corrected chi connectivity index (χ1v) is 18.9. The van der Waals surface area contributed by atoms with Crippen molar-refractivity contribution in [3.05, 3.63) is 112 Å². The molecule has 5 aromatic rings. The van der Waals surface area contributed by atoms with Crippen LogP contribution < -0.4 is 0 Å². The van der Waals surface area contributed by atoms with E-state index in [1.165, 1.54) is 5.56 Å². The minimum Gasteiger partial charge on any atom is -0.462 e. The van der Waals surface area contributed by atoms with Gasteiger partial charge in [-0.2, -0.15) is 0 Å². The topological polar surface area (TPSA) is 110 Å². The van der Waals surface area contributed by atoms with E-state index in [1.54, 1.807) is 0 Å². The standard InChI is InChI=1S/C16H20O2.2C15H19NO2.2CH4/c1-5-18-15(17)13-9-11-7-6-8-12(11)10-14(13)16(2,3)4;1-5-18-14(17)12-8-10(15(2,3)4)9-13-11(12)6-7-16-13;1-5-18-14(17)12-11(15(2,3)4)7-6-10-8-9-16-13(10)12;;/h6-7,9-10H,5,8H2,1-4H3;2*6-9,16H,5H2,1-4H3;2*1H4. The molecule has 2 aromatic heterocycles. The van der Waals surface area contributed by atoms with Crippen molar-refractivity contribution >= 4 is 45.8 Å². The third-order valence-electron chi connectivity index (χ3n) is 9.26. The summed E-state index contributed by atoms with van der Waals surface area (Å²) in [5.74, 6) is -0.728. The molecule has 6 rings (SSSR count). The molecular weight excluding hydrogens is 701 g/mol. The first-order valence-electron chi connectivity index (χ1n) is 18.9. The van der Waals surface area contributed by atoms with Gasteiger partial charge in [0.25, 0.3) is 0 Å². The van der Waals surface area contributed by atoms with Crippen LogP contribution in [-0.4, -0.2) is 47.7 Å². The van der Waals surface area contributed by atoms with E-state index in [-0.39, 0.29) is 49.0 Å². The zero-order valence-corrected chi connectivity index (χ0v) is 34.2. The Labute approximate surface area is 335 Å². The zero-order valence-electron chi connectivity index (χ0n) is 34.2. The van der Waals surface area contributed by atoms with Gasteiger partial charge >= 0.3 is 17.9 Å². The third-order valence-corrected chi connectivity index (χ3v) is 9.26. The summed E-state index contributed by atoms with van der Waals surface area (Å²) in [4.78, 5) is 42.5. The Hall–Kier alpha value is -5.11. The van der Waals surface area contributed by atoms with Gasteiger partial charge in [-0.25, -0.2) is 14.4 Å². The normalized spacial score (nSPS) is 11.9. The lowest BCUT2D eigenvalue weighted by Gasteiger charge is -2.23. The second-order valence-electron chi connectivity index (χ2n) is 16.5. The fourth-order valence-corrected chi connectivity index (χ4v) is 6.45. The highest BCUT2D eigenvalue weighted by atomic mass is 16.5. The second kappa shape index (κ2) is 19.2. The van der Waals surface area contributed by atoms with Crippen LogP contribution in [0.2, 0.25) is 0 Å². The summed E-state index contributed by atoms with van der Waals surface area (Å²) in [6.45, 7) is 25.7. The molecule has 0 saturated carbocycles. The largest absolute Gasteiger partial charge is 0.462 e. The number of allylic oxidation sites excluding steroid dienone is 1. The molecule has 304 valence electrons. The van der Waals surface area contributed by atoms with Crippen molar-refractivity contribution in [3.63, 3.8) is 0 Å². The van der Waals surface area contributed by atoms with E-state index in [9.17, 15) is 14.4 Å².